The van der Waals surface area contributed by atoms with Crippen LogP contribution in [0.5, 0.6) is 0 Å². The number of nitro groups is 1. The number of aromatic carboxylic acids is 1. The van der Waals surface area contributed by atoms with Gasteiger partial charge in [-0.3, -0.25) is 0 Å². The Hall–Kier alpha value is -1.39. The van der Waals surface area contributed by atoms with Crippen LogP contribution in [0.3, 0.4) is 0 Å². The Morgan fingerprint density at radius 3 is 2.56 bits per heavy atom. The summed E-state index contributed by atoms with van der Waals surface area (Å²) >= 11 is 1.33. The lowest BCUT2D eigenvalue weighted by Crippen LogP contribution is -2.08. The summed E-state index contributed by atoms with van der Waals surface area (Å²) in [5.41, 5.74) is -1.45. The third kappa shape index (κ3) is 2.23. The summed E-state index contributed by atoms with van der Waals surface area (Å²) in [4.78, 5) is 23.1. The summed E-state index contributed by atoms with van der Waals surface area (Å²) in [5, 5.41) is 19.1. The summed E-state index contributed by atoms with van der Waals surface area (Å²) in [6.07, 6.45) is -2.47. The number of pyridine rings is 1. The minimum atomic E-state index is -3.15. The zero-order valence-electron chi connectivity index (χ0n) is 7.35. The maximum absolute atomic E-state index is 12.5. The molecule has 6 nitrogen and oxygen atoms in total. The smallest absolute Gasteiger partial charge is 0.373 e. The normalized spacial score (nSPS) is 10.5. The fourth-order valence-corrected chi connectivity index (χ4v) is 1.83. The number of carbonyl (C=O) groups is 1. The molecule has 1 aromatic rings. The molecule has 0 spiro atoms. The third-order valence-corrected chi connectivity index (χ3v) is 2.81. The highest BCUT2D eigenvalue weighted by atomic mass is 127. The molecule has 0 atom stereocenters. The van der Waals surface area contributed by atoms with Crippen molar-refractivity contribution < 1.29 is 23.6 Å². The number of hydrogen-bond acceptors (Lipinski definition) is 4. The predicted molar refractivity (Wildman–Crippen MR) is 55.5 cm³/mol. The average Bonchev–Trinajstić information content (AvgIpc) is 2.15. The highest BCUT2D eigenvalue weighted by Gasteiger charge is 2.30. The van der Waals surface area contributed by atoms with Crippen molar-refractivity contribution in [3.05, 3.63) is 31.0 Å². The highest BCUT2D eigenvalue weighted by Crippen LogP contribution is 2.33. The zero-order chi connectivity index (χ0) is 12.5. The van der Waals surface area contributed by atoms with E-state index in [9.17, 15) is 23.7 Å². The Morgan fingerprint density at radius 1 is 1.62 bits per heavy atom. The summed E-state index contributed by atoms with van der Waals surface area (Å²) in [6, 6.07) is 0. The zero-order valence-corrected chi connectivity index (χ0v) is 9.51. The van der Waals surface area contributed by atoms with Gasteiger partial charge in [0.15, 0.2) is 6.20 Å². The van der Waals surface area contributed by atoms with Gasteiger partial charge in [0, 0.05) is 3.57 Å². The topological polar surface area (TPSA) is 93.3 Å². The van der Waals surface area contributed by atoms with Crippen LogP contribution in [0.2, 0.25) is 0 Å². The molecule has 0 aromatic carbocycles. The highest BCUT2D eigenvalue weighted by molar-refractivity contribution is 14.1. The van der Waals surface area contributed by atoms with Crippen LogP contribution < -0.4 is 0 Å². The summed E-state index contributed by atoms with van der Waals surface area (Å²) < 4.78 is 24.7. The van der Waals surface area contributed by atoms with Crippen molar-refractivity contribution >= 4 is 34.4 Å². The summed E-state index contributed by atoms with van der Waals surface area (Å²) in [5.74, 6) is -2.49. The first-order valence-corrected chi connectivity index (χ1v) is 4.78. The lowest BCUT2D eigenvalue weighted by molar-refractivity contribution is -0.391. The first-order valence-electron chi connectivity index (χ1n) is 3.70. The van der Waals surface area contributed by atoms with E-state index in [1.165, 1.54) is 22.6 Å². The van der Waals surface area contributed by atoms with Crippen molar-refractivity contribution in [2.75, 3.05) is 0 Å². The molecule has 0 aliphatic heterocycles. The molecule has 1 heterocycles. The number of aromatic nitrogens is 1. The van der Waals surface area contributed by atoms with E-state index in [0.717, 1.165) is 0 Å². The molecule has 9 heteroatoms. The van der Waals surface area contributed by atoms with Gasteiger partial charge < -0.3 is 15.2 Å². The van der Waals surface area contributed by atoms with Gasteiger partial charge in [-0.25, -0.2) is 13.6 Å². The molecule has 0 unspecified atom stereocenters. The number of hydrogen-bond donors (Lipinski definition) is 1. The number of nitrogens with zero attached hydrogens (tertiary/aromatic N) is 2. The van der Waals surface area contributed by atoms with Crippen LogP contribution in [0.4, 0.5) is 14.6 Å². The molecule has 1 N–H and O–H groups in total. The lowest BCUT2D eigenvalue weighted by Gasteiger charge is -2.05. The third-order valence-electron chi connectivity index (χ3n) is 1.65. The fourth-order valence-electron chi connectivity index (χ4n) is 0.983. The number of halogens is 3. The maximum atomic E-state index is 12.5. The molecule has 0 aliphatic rings. The van der Waals surface area contributed by atoms with Crippen LogP contribution in [-0.4, -0.2) is 21.0 Å². The van der Waals surface area contributed by atoms with Gasteiger partial charge in [0.2, 0.25) is 0 Å². The van der Waals surface area contributed by atoms with Gasteiger partial charge in [0.25, 0.3) is 6.43 Å². The monoisotopic (exact) mass is 344 g/mol. The molecule has 0 amide bonds. The first-order chi connectivity index (χ1) is 7.36. The van der Waals surface area contributed by atoms with Crippen LogP contribution >= 0.6 is 22.6 Å². The van der Waals surface area contributed by atoms with Crippen molar-refractivity contribution in [2.24, 2.45) is 0 Å². The van der Waals surface area contributed by atoms with E-state index in [4.69, 9.17) is 5.11 Å². The van der Waals surface area contributed by atoms with E-state index in [1.54, 1.807) is 0 Å². The fraction of sp³-hybridized carbons (Fsp3) is 0.143. The van der Waals surface area contributed by atoms with Gasteiger partial charge in [-0.15, -0.1) is 0 Å². The number of carboxylic acids is 1. The molecule has 0 bridgehead atoms. The van der Waals surface area contributed by atoms with E-state index in [2.05, 4.69) is 4.98 Å². The number of rotatable bonds is 3. The number of carboxylic acid groups (broad SMARTS) is 1. The second-order valence-electron chi connectivity index (χ2n) is 2.59. The Bertz CT molecular complexity index is 466. The van der Waals surface area contributed by atoms with Crippen molar-refractivity contribution in [2.45, 2.75) is 6.43 Å². The molecule has 0 fully saturated rings. The molecule has 1 rings (SSSR count). The SMILES string of the molecule is O=C(O)c1cnc([N+](=O)[O-])c(C(F)F)c1I. The Balaban J connectivity index is 3.54. The second-order valence-corrected chi connectivity index (χ2v) is 3.66. The van der Waals surface area contributed by atoms with Gasteiger partial charge in [0.1, 0.15) is 11.1 Å². The van der Waals surface area contributed by atoms with Gasteiger partial charge in [-0.1, -0.05) is 0 Å². The van der Waals surface area contributed by atoms with Crippen LogP contribution in [-0.2, 0) is 0 Å². The van der Waals surface area contributed by atoms with Crippen LogP contribution in [0, 0.1) is 13.7 Å². The summed E-state index contributed by atoms with van der Waals surface area (Å²) in [6.45, 7) is 0. The Morgan fingerprint density at radius 2 is 2.19 bits per heavy atom. The largest absolute Gasteiger partial charge is 0.478 e. The average molecular weight is 344 g/mol. The first kappa shape index (κ1) is 12.7. The molecule has 0 saturated heterocycles. The molecule has 16 heavy (non-hydrogen) atoms. The molecule has 0 saturated carbocycles. The van der Waals surface area contributed by atoms with Crippen molar-refractivity contribution in [3.63, 3.8) is 0 Å². The van der Waals surface area contributed by atoms with Crippen molar-refractivity contribution in [3.8, 4) is 0 Å². The summed E-state index contributed by atoms with van der Waals surface area (Å²) in [7, 11) is 0. The van der Waals surface area contributed by atoms with Gasteiger partial charge in [0.05, 0.1) is 0 Å². The Labute approximate surface area is 101 Å². The molecule has 86 valence electrons. The molecular weight excluding hydrogens is 341 g/mol. The van der Waals surface area contributed by atoms with Crippen molar-refractivity contribution in [1.29, 1.82) is 0 Å². The van der Waals surface area contributed by atoms with Crippen LogP contribution in [0.1, 0.15) is 22.3 Å². The Kier molecular flexibility index (Phi) is 3.67. The molecule has 0 aliphatic carbocycles. The van der Waals surface area contributed by atoms with Gasteiger partial charge in [-0.2, -0.15) is 0 Å². The van der Waals surface area contributed by atoms with E-state index in [-0.39, 0.29) is 3.57 Å². The predicted octanol–water partition coefficient (Wildman–Crippen LogP) is 2.23. The molecule has 1 aromatic heterocycles. The lowest BCUT2D eigenvalue weighted by atomic mass is 10.2. The minimum Gasteiger partial charge on any atom is -0.478 e. The van der Waals surface area contributed by atoms with Gasteiger partial charge in [-0.05, 0) is 32.5 Å². The minimum absolute atomic E-state index is 0.373. The van der Waals surface area contributed by atoms with E-state index < -0.39 is 34.3 Å². The van der Waals surface area contributed by atoms with Crippen LogP contribution in [0.15, 0.2) is 6.20 Å². The van der Waals surface area contributed by atoms with E-state index in [0.29, 0.717) is 6.20 Å². The van der Waals surface area contributed by atoms with Gasteiger partial charge >= 0.3 is 11.8 Å². The molecule has 0 radical (unpaired) electrons. The van der Waals surface area contributed by atoms with Crippen LogP contribution in [0.25, 0.3) is 0 Å². The second kappa shape index (κ2) is 4.63. The van der Waals surface area contributed by atoms with E-state index >= 15 is 0 Å². The van der Waals surface area contributed by atoms with E-state index in [1.807, 2.05) is 0 Å². The number of alkyl halides is 2. The standard InChI is InChI=1S/C7H3F2IN2O4/c8-5(9)3-4(10)2(7(13)14)1-11-6(3)12(15)16/h1,5H,(H,13,14). The quantitative estimate of drug-likeness (QED) is 0.516. The van der Waals surface area contributed by atoms with Crippen molar-refractivity contribution in [1.82, 2.24) is 4.98 Å². The molecular formula is C7H3F2IN2O4. The maximum Gasteiger partial charge on any atom is 0.373 e.